The zero-order valence-electron chi connectivity index (χ0n) is 10.0. The molecular formula is C13H14O4. The Labute approximate surface area is 99.1 Å². The second-order valence-electron chi connectivity index (χ2n) is 3.77. The van der Waals surface area contributed by atoms with E-state index in [0.717, 1.165) is 16.5 Å². The predicted octanol–water partition coefficient (Wildman–Crippen LogP) is 2.54. The van der Waals surface area contributed by atoms with Gasteiger partial charge in [-0.2, -0.15) is 0 Å². The quantitative estimate of drug-likeness (QED) is 0.602. The van der Waals surface area contributed by atoms with Crippen LogP contribution in [0.3, 0.4) is 0 Å². The first-order valence-corrected chi connectivity index (χ1v) is 5.26. The van der Waals surface area contributed by atoms with Gasteiger partial charge in [0.1, 0.15) is 5.58 Å². The SMILES string of the molecule is COC(OC)C(=O)c1cc2cccc(C)c2o1. The molecule has 17 heavy (non-hydrogen) atoms. The van der Waals surface area contributed by atoms with E-state index in [-0.39, 0.29) is 11.5 Å². The van der Waals surface area contributed by atoms with Crippen molar-refractivity contribution in [3.63, 3.8) is 0 Å². The number of benzene rings is 1. The molecule has 0 saturated heterocycles. The molecule has 0 unspecified atom stereocenters. The topological polar surface area (TPSA) is 48.7 Å². The van der Waals surface area contributed by atoms with Crippen LogP contribution in [0.25, 0.3) is 11.0 Å². The van der Waals surface area contributed by atoms with Gasteiger partial charge in [-0.3, -0.25) is 4.79 Å². The number of rotatable bonds is 4. The summed E-state index contributed by atoms with van der Waals surface area (Å²) in [6.07, 6.45) is -0.920. The van der Waals surface area contributed by atoms with Gasteiger partial charge in [0.15, 0.2) is 5.76 Å². The molecule has 1 aromatic carbocycles. The lowest BCUT2D eigenvalue weighted by atomic mass is 10.2. The minimum atomic E-state index is -0.920. The van der Waals surface area contributed by atoms with Crippen molar-refractivity contribution in [2.24, 2.45) is 0 Å². The van der Waals surface area contributed by atoms with Gasteiger partial charge in [-0.1, -0.05) is 18.2 Å². The van der Waals surface area contributed by atoms with E-state index in [2.05, 4.69) is 0 Å². The molecule has 4 nitrogen and oxygen atoms in total. The number of Topliss-reactive ketones (excluding diaryl/α,β-unsaturated/α-hetero) is 1. The fraction of sp³-hybridized carbons (Fsp3) is 0.308. The van der Waals surface area contributed by atoms with Gasteiger partial charge in [-0.25, -0.2) is 0 Å². The van der Waals surface area contributed by atoms with Crippen molar-refractivity contribution < 1.29 is 18.7 Å². The van der Waals surface area contributed by atoms with E-state index in [1.807, 2.05) is 25.1 Å². The smallest absolute Gasteiger partial charge is 0.253 e. The van der Waals surface area contributed by atoms with Crippen LogP contribution in [0.5, 0.6) is 0 Å². The van der Waals surface area contributed by atoms with Crippen LogP contribution in [-0.2, 0) is 9.47 Å². The largest absolute Gasteiger partial charge is 0.452 e. The molecule has 0 radical (unpaired) electrons. The third-order valence-electron chi connectivity index (χ3n) is 2.63. The Morgan fingerprint density at radius 1 is 1.29 bits per heavy atom. The number of carbonyl (C=O) groups is 1. The molecular weight excluding hydrogens is 220 g/mol. The number of furan rings is 1. The monoisotopic (exact) mass is 234 g/mol. The summed E-state index contributed by atoms with van der Waals surface area (Å²) in [4.78, 5) is 11.9. The zero-order valence-corrected chi connectivity index (χ0v) is 10.0. The number of hydrogen-bond donors (Lipinski definition) is 0. The highest BCUT2D eigenvalue weighted by Crippen LogP contribution is 2.23. The maximum Gasteiger partial charge on any atom is 0.253 e. The van der Waals surface area contributed by atoms with E-state index in [1.54, 1.807) is 6.07 Å². The van der Waals surface area contributed by atoms with Crippen LogP contribution in [0.1, 0.15) is 16.1 Å². The summed E-state index contributed by atoms with van der Waals surface area (Å²) in [5.74, 6) is -0.0615. The van der Waals surface area contributed by atoms with Gasteiger partial charge in [0.05, 0.1) is 0 Å². The standard InChI is InChI=1S/C13H14O4/c1-8-5-4-6-9-7-10(17-12(8)9)11(14)13(15-2)16-3/h4-7,13H,1-3H3. The highest BCUT2D eigenvalue weighted by Gasteiger charge is 2.22. The number of fused-ring (bicyclic) bond motifs is 1. The molecule has 0 bridgehead atoms. The molecule has 0 aliphatic heterocycles. The molecule has 90 valence electrons. The Balaban J connectivity index is 2.43. The summed E-state index contributed by atoms with van der Waals surface area (Å²) in [5, 5.41) is 0.902. The minimum absolute atomic E-state index is 0.253. The fourth-order valence-corrected chi connectivity index (χ4v) is 1.76. The van der Waals surface area contributed by atoms with Crippen molar-refractivity contribution in [3.05, 3.63) is 35.6 Å². The second kappa shape index (κ2) is 4.69. The van der Waals surface area contributed by atoms with E-state index in [9.17, 15) is 4.79 Å². The third kappa shape index (κ3) is 2.09. The van der Waals surface area contributed by atoms with Crippen LogP contribution < -0.4 is 0 Å². The van der Waals surface area contributed by atoms with E-state index >= 15 is 0 Å². The van der Waals surface area contributed by atoms with Gasteiger partial charge in [-0.15, -0.1) is 0 Å². The van der Waals surface area contributed by atoms with Crippen LogP contribution in [0.15, 0.2) is 28.7 Å². The van der Waals surface area contributed by atoms with Crippen molar-refractivity contribution in [2.75, 3.05) is 14.2 Å². The van der Waals surface area contributed by atoms with Crippen molar-refractivity contribution in [2.45, 2.75) is 13.2 Å². The first-order chi connectivity index (χ1) is 8.17. The number of aryl methyl sites for hydroxylation is 1. The second-order valence-corrected chi connectivity index (χ2v) is 3.77. The number of carbonyl (C=O) groups excluding carboxylic acids is 1. The number of ether oxygens (including phenoxy) is 2. The van der Waals surface area contributed by atoms with E-state index in [1.165, 1.54) is 14.2 Å². The van der Waals surface area contributed by atoms with E-state index < -0.39 is 6.29 Å². The van der Waals surface area contributed by atoms with E-state index in [4.69, 9.17) is 13.9 Å². The van der Waals surface area contributed by atoms with Crippen LogP contribution in [0.4, 0.5) is 0 Å². The summed E-state index contributed by atoms with van der Waals surface area (Å²) in [7, 11) is 2.83. The molecule has 0 spiro atoms. The summed E-state index contributed by atoms with van der Waals surface area (Å²) < 4.78 is 15.4. The Kier molecular flexibility index (Phi) is 3.26. The van der Waals surface area contributed by atoms with Gasteiger partial charge in [-0.05, 0) is 18.6 Å². The molecule has 2 aromatic rings. The van der Waals surface area contributed by atoms with Gasteiger partial charge in [0.25, 0.3) is 5.78 Å². The number of methoxy groups -OCH3 is 2. The van der Waals surface area contributed by atoms with E-state index in [0.29, 0.717) is 0 Å². The Morgan fingerprint density at radius 2 is 2.00 bits per heavy atom. The lowest BCUT2D eigenvalue weighted by Gasteiger charge is -2.09. The van der Waals surface area contributed by atoms with Crippen LogP contribution in [-0.4, -0.2) is 26.3 Å². The molecule has 1 heterocycles. The summed E-state index contributed by atoms with van der Waals surface area (Å²) in [6, 6.07) is 7.46. The lowest BCUT2D eigenvalue weighted by Crippen LogP contribution is -2.24. The maximum atomic E-state index is 11.9. The first kappa shape index (κ1) is 11.8. The Morgan fingerprint density at radius 3 is 2.59 bits per heavy atom. The predicted molar refractivity (Wildman–Crippen MR) is 63.1 cm³/mol. The van der Waals surface area contributed by atoms with Crippen LogP contribution in [0, 0.1) is 6.92 Å². The van der Waals surface area contributed by atoms with Crippen molar-refractivity contribution in [1.29, 1.82) is 0 Å². The number of para-hydroxylation sites is 1. The fourth-order valence-electron chi connectivity index (χ4n) is 1.76. The molecule has 0 aliphatic rings. The molecule has 4 heteroatoms. The Bertz CT molecular complexity index is 537. The van der Waals surface area contributed by atoms with Crippen molar-refractivity contribution in [1.82, 2.24) is 0 Å². The van der Waals surface area contributed by atoms with Gasteiger partial charge >= 0.3 is 0 Å². The molecule has 0 fully saturated rings. The zero-order chi connectivity index (χ0) is 12.4. The first-order valence-electron chi connectivity index (χ1n) is 5.26. The number of hydrogen-bond acceptors (Lipinski definition) is 4. The molecule has 0 saturated carbocycles. The molecule has 1 aromatic heterocycles. The van der Waals surface area contributed by atoms with Crippen molar-refractivity contribution >= 4 is 16.8 Å². The minimum Gasteiger partial charge on any atom is -0.452 e. The normalized spacial score (nSPS) is 11.3. The highest BCUT2D eigenvalue weighted by molar-refractivity contribution is 6.00. The average Bonchev–Trinajstić information content (AvgIpc) is 2.76. The molecule has 2 rings (SSSR count). The Hall–Kier alpha value is -1.65. The van der Waals surface area contributed by atoms with Crippen molar-refractivity contribution in [3.8, 4) is 0 Å². The lowest BCUT2D eigenvalue weighted by molar-refractivity contribution is -0.0752. The number of ketones is 1. The maximum absolute atomic E-state index is 11.9. The molecule has 0 N–H and O–H groups in total. The highest BCUT2D eigenvalue weighted by atomic mass is 16.7. The third-order valence-corrected chi connectivity index (χ3v) is 2.63. The summed E-state index contributed by atoms with van der Waals surface area (Å²) >= 11 is 0. The average molecular weight is 234 g/mol. The summed E-state index contributed by atoms with van der Waals surface area (Å²) in [5.41, 5.74) is 1.72. The van der Waals surface area contributed by atoms with Gasteiger partial charge in [0.2, 0.25) is 6.29 Å². The molecule has 0 aliphatic carbocycles. The van der Waals surface area contributed by atoms with Crippen LogP contribution in [0.2, 0.25) is 0 Å². The summed E-state index contributed by atoms with van der Waals surface area (Å²) in [6.45, 7) is 1.93. The molecule has 0 amide bonds. The van der Waals surface area contributed by atoms with Gasteiger partial charge < -0.3 is 13.9 Å². The van der Waals surface area contributed by atoms with Crippen LogP contribution >= 0.6 is 0 Å². The molecule has 0 atom stereocenters. The van der Waals surface area contributed by atoms with Gasteiger partial charge in [0, 0.05) is 19.6 Å².